The molecule has 0 aliphatic carbocycles. The molecule has 0 radical (unpaired) electrons. The molecule has 0 spiro atoms. The van der Waals surface area contributed by atoms with E-state index in [0.29, 0.717) is 17.7 Å². The van der Waals surface area contributed by atoms with Gasteiger partial charge in [-0.3, -0.25) is 9.59 Å². The standard InChI is InChI=1S/C19H20N2O3/c1-20-19(24)16-7-2-14(3-8-16)6-11-18(23)21-17-9-4-15(5-10-17)12-13-22/h2-11,22H,12-13H2,1H3,(H,20,24)(H,21,23). The van der Waals surface area contributed by atoms with Crippen LogP contribution in [0.15, 0.2) is 54.6 Å². The molecule has 0 fully saturated rings. The summed E-state index contributed by atoms with van der Waals surface area (Å²) in [5, 5.41) is 14.2. The van der Waals surface area contributed by atoms with Gasteiger partial charge in [0, 0.05) is 31.0 Å². The van der Waals surface area contributed by atoms with Gasteiger partial charge in [0.2, 0.25) is 5.91 Å². The molecule has 2 aromatic rings. The summed E-state index contributed by atoms with van der Waals surface area (Å²) in [5.41, 5.74) is 3.11. The van der Waals surface area contributed by atoms with Gasteiger partial charge in [-0.2, -0.15) is 0 Å². The Kier molecular flexibility index (Phi) is 6.28. The number of anilines is 1. The number of rotatable bonds is 6. The van der Waals surface area contributed by atoms with Crippen LogP contribution in [-0.4, -0.2) is 30.6 Å². The summed E-state index contributed by atoms with van der Waals surface area (Å²) < 4.78 is 0. The molecule has 0 aromatic heterocycles. The number of benzene rings is 2. The van der Waals surface area contributed by atoms with Crippen molar-refractivity contribution in [1.29, 1.82) is 0 Å². The van der Waals surface area contributed by atoms with Crippen molar-refractivity contribution in [1.82, 2.24) is 5.32 Å². The average molecular weight is 324 g/mol. The molecule has 2 rings (SSSR count). The quantitative estimate of drug-likeness (QED) is 0.713. The Morgan fingerprint density at radius 3 is 2.29 bits per heavy atom. The largest absolute Gasteiger partial charge is 0.396 e. The second kappa shape index (κ2) is 8.64. The number of aliphatic hydroxyl groups is 1. The van der Waals surface area contributed by atoms with E-state index in [9.17, 15) is 9.59 Å². The molecule has 0 saturated heterocycles. The highest BCUT2D eigenvalue weighted by Gasteiger charge is 2.02. The number of hydrogen-bond donors (Lipinski definition) is 3. The van der Waals surface area contributed by atoms with Crippen LogP contribution >= 0.6 is 0 Å². The van der Waals surface area contributed by atoms with Crippen LogP contribution in [0, 0.1) is 0 Å². The first-order chi connectivity index (χ1) is 11.6. The molecule has 5 nitrogen and oxygen atoms in total. The van der Waals surface area contributed by atoms with Crippen LogP contribution in [0.25, 0.3) is 6.08 Å². The Bertz CT molecular complexity index is 719. The minimum Gasteiger partial charge on any atom is -0.396 e. The van der Waals surface area contributed by atoms with Crippen molar-refractivity contribution in [3.63, 3.8) is 0 Å². The zero-order chi connectivity index (χ0) is 17.4. The summed E-state index contributed by atoms with van der Waals surface area (Å²) in [6, 6.07) is 14.3. The lowest BCUT2D eigenvalue weighted by atomic mass is 10.1. The molecule has 3 N–H and O–H groups in total. The van der Waals surface area contributed by atoms with E-state index >= 15 is 0 Å². The maximum atomic E-state index is 11.9. The maximum absolute atomic E-state index is 11.9. The van der Waals surface area contributed by atoms with Crippen molar-refractivity contribution in [2.45, 2.75) is 6.42 Å². The fourth-order valence-electron chi connectivity index (χ4n) is 2.13. The fraction of sp³-hybridized carbons (Fsp3) is 0.158. The van der Waals surface area contributed by atoms with Gasteiger partial charge < -0.3 is 15.7 Å². The van der Waals surface area contributed by atoms with E-state index in [1.165, 1.54) is 6.08 Å². The molecular formula is C19H20N2O3. The molecule has 0 bridgehead atoms. The number of carbonyl (C=O) groups excluding carboxylic acids is 2. The van der Waals surface area contributed by atoms with E-state index in [1.807, 2.05) is 12.1 Å². The second-order valence-electron chi connectivity index (χ2n) is 5.19. The summed E-state index contributed by atoms with van der Waals surface area (Å²) in [4.78, 5) is 23.4. The lowest BCUT2D eigenvalue weighted by Gasteiger charge is -2.04. The number of amides is 2. The molecule has 5 heteroatoms. The van der Waals surface area contributed by atoms with Crippen LogP contribution < -0.4 is 10.6 Å². The van der Waals surface area contributed by atoms with Gasteiger partial charge in [0.25, 0.3) is 5.91 Å². The number of carbonyl (C=O) groups is 2. The molecule has 24 heavy (non-hydrogen) atoms. The normalized spacial score (nSPS) is 10.6. The minimum absolute atomic E-state index is 0.104. The van der Waals surface area contributed by atoms with Crippen molar-refractivity contribution < 1.29 is 14.7 Å². The highest BCUT2D eigenvalue weighted by atomic mass is 16.3. The maximum Gasteiger partial charge on any atom is 0.251 e. The second-order valence-corrected chi connectivity index (χ2v) is 5.19. The third kappa shape index (κ3) is 5.07. The van der Waals surface area contributed by atoms with Crippen LogP contribution in [0.4, 0.5) is 5.69 Å². The Morgan fingerprint density at radius 2 is 1.71 bits per heavy atom. The van der Waals surface area contributed by atoms with Crippen LogP contribution in [-0.2, 0) is 11.2 Å². The SMILES string of the molecule is CNC(=O)c1ccc(C=CC(=O)Nc2ccc(CCO)cc2)cc1. The van der Waals surface area contributed by atoms with Gasteiger partial charge in [-0.05, 0) is 47.9 Å². The smallest absolute Gasteiger partial charge is 0.251 e. The van der Waals surface area contributed by atoms with E-state index in [2.05, 4.69) is 10.6 Å². The molecular weight excluding hydrogens is 304 g/mol. The van der Waals surface area contributed by atoms with Crippen LogP contribution in [0.3, 0.4) is 0 Å². The number of hydrogen-bond acceptors (Lipinski definition) is 3. The first kappa shape index (κ1) is 17.4. The minimum atomic E-state index is -0.236. The van der Waals surface area contributed by atoms with Crippen molar-refractivity contribution in [2.75, 3.05) is 19.0 Å². The topological polar surface area (TPSA) is 78.4 Å². The number of aliphatic hydroxyl groups excluding tert-OH is 1. The Labute approximate surface area is 141 Å². The van der Waals surface area contributed by atoms with E-state index < -0.39 is 0 Å². The summed E-state index contributed by atoms with van der Waals surface area (Å²) >= 11 is 0. The first-order valence-electron chi connectivity index (χ1n) is 7.63. The van der Waals surface area contributed by atoms with Gasteiger partial charge in [0.15, 0.2) is 0 Å². The van der Waals surface area contributed by atoms with Gasteiger partial charge >= 0.3 is 0 Å². The third-order valence-electron chi connectivity index (χ3n) is 3.45. The van der Waals surface area contributed by atoms with Gasteiger partial charge in [0.05, 0.1) is 0 Å². The van der Waals surface area contributed by atoms with Crippen molar-refractivity contribution in [2.24, 2.45) is 0 Å². The lowest BCUT2D eigenvalue weighted by molar-refractivity contribution is -0.111. The zero-order valence-electron chi connectivity index (χ0n) is 13.5. The van der Waals surface area contributed by atoms with Crippen LogP contribution in [0.2, 0.25) is 0 Å². The Balaban J connectivity index is 1.93. The van der Waals surface area contributed by atoms with Gasteiger partial charge in [-0.25, -0.2) is 0 Å². The zero-order valence-corrected chi connectivity index (χ0v) is 13.5. The van der Waals surface area contributed by atoms with Gasteiger partial charge in [-0.15, -0.1) is 0 Å². The average Bonchev–Trinajstić information content (AvgIpc) is 2.61. The molecule has 0 heterocycles. The van der Waals surface area contributed by atoms with E-state index in [0.717, 1.165) is 11.1 Å². The van der Waals surface area contributed by atoms with E-state index in [1.54, 1.807) is 49.5 Å². The predicted octanol–water partition coefficient (Wildman–Crippen LogP) is 2.23. The third-order valence-corrected chi connectivity index (χ3v) is 3.45. The fourth-order valence-corrected chi connectivity index (χ4v) is 2.13. The summed E-state index contributed by atoms with van der Waals surface area (Å²) in [5.74, 6) is -0.381. The van der Waals surface area contributed by atoms with Gasteiger partial charge in [-0.1, -0.05) is 24.3 Å². The molecule has 0 unspecified atom stereocenters. The monoisotopic (exact) mass is 324 g/mol. The van der Waals surface area contributed by atoms with E-state index in [4.69, 9.17) is 5.11 Å². The first-order valence-corrected chi connectivity index (χ1v) is 7.63. The summed E-state index contributed by atoms with van der Waals surface area (Å²) in [6.45, 7) is 0.104. The van der Waals surface area contributed by atoms with E-state index in [-0.39, 0.29) is 18.4 Å². The Morgan fingerprint density at radius 1 is 1.04 bits per heavy atom. The van der Waals surface area contributed by atoms with Crippen LogP contribution in [0.5, 0.6) is 0 Å². The van der Waals surface area contributed by atoms with Crippen LogP contribution in [0.1, 0.15) is 21.5 Å². The molecule has 0 aliphatic heterocycles. The predicted molar refractivity (Wildman–Crippen MR) is 94.7 cm³/mol. The highest BCUT2D eigenvalue weighted by molar-refractivity contribution is 6.02. The van der Waals surface area contributed by atoms with Crippen molar-refractivity contribution in [3.05, 3.63) is 71.3 Å². The molecule has 0 atom stereocenters. The molecule has 0 aliphatic rings. The lowest BCUT2D eigenvalue weighted by Crippen LogP contribution is -2.17. The van der Waals surface area contributed by atoms with Gasteiger partial charge in [0.1, 0.15) is 0 Å². The molecule has 2 aromatic carbocycles. The number of nitrogens with one attached hydrogen (secondary N) is 2. The molecule has 0 saturated carbocycles. The van der Waals surface area contributed by atoms with Crippen molar-refractivity contribution in [3.8, 4) is 0 Å². The summed E-state index contributed by atoms with van der Waals surface area (Å²) in [7, 11) is 1.58. The Hall–Kier alpha value is -2.92. The highest BCUT2D eigenvalue weighted by Crippen LogP contribution is 2.11. The summed E-state index contributed by atoms with van der Waals surface area (Å²) in [6.07, 6.45) is 3.72. The molecule has 124 valence electrons. The molecule has 2 amide bonds. The van der Waals surface area contributed by atoms with Crippen molar-refractivity contribution >= 4 is 23.6 Å².